The number of rotatable bonds is 4. The monoisotopic (exact) mass is 298 g/mol. The maximum absolute atomic E-state index is 12.6. The Balaban J connectivity index is 2.16. The van der Waals surface area contributed by atoms with E-state index in [1.165, 1.54) is 23.0 Å². The zero-order chi connectivity index (χ0) is 15.5. The highest BCUT2D eigenvalue weighted by atomic mass is 19.4. The lowest BCUT2D eigenvalue weighted by Crippen LogP contribution is -2.21. The molecule has 8 heteroatoms. The minimum absolute atomic E-state index is 0.136. The fourth-order valence-corrected chi connectivity index (χ4v) is 1.64. The number of alkyl halides is 3. The van der Waals surface area contributed by atoms with E-state index in [-0.39, 0.29) is 18.1 Å². The average Bonchev–Trinajstić information content (AvgIpc) is 2.93. The number of benzene rings is 1. The minimum Gasteiger partial charge on any atom is -0.350 e. The summed E-state index contributed by atoms with van der Waals surface area (Å²) in [6, 6.07) is 4.78. The van der Waals surface area contributed by atoms with Gasteiger partial charge in [-0.3, -0.25) is 4.79 Å². The van der Waals surface area contributed by atoms with Crippen LogP contribution in [0.4, 0.5) is 13.2 Å². The summed E-state index contributed by atoms with van der Waals surface area (Å²) in [7, 11) is 0. The number of aromatic nitrogens is 3. The van der Waals surface area contributed by atoms with E-state index < -0.39 is 11.7 Å². The van der Waals surface area contributed by atoms with Crippen LogP contribution in [0.1, 0.15) is 24.6 Å². The molecule has 2 aromatic rings. The van der Waals surface area contributed by atoms with Gasteiger partial charge in [0.15, 0.2) is 0 Å². The summed E-state index contributed by atoms with van der Waals surface area (Å²) in [6.07, 6.45) is -2.58. The highest BCUT2D eigenvalue weighted by Gasteiger charge is 2.30. The third-order valence-corrected chi connectivity index (χ3v) is 2.77. The minimum atomic E-state index is -4.41. The van der Waals surface area contributed by atoms with Gasteiger partial charge in [0.05, 0.1) is 24.0 Å². The molecule has 0 unspecified atom stereocenters. The molecule has 1 aromatic carbocycles. The number of nitrogens with one attached hydrogen (secondary N) is 1. The number of halogens is 3. The molecule has 21 heavy (non-hydrogen) atoms. The second-order valence-electron chi connectivity index (χ2n) is 4.33. The lowest BCUT2D eigenvalue weighted by Gasteiger charge is -2.08. The molecular weight excluding hydrogens is 285 g/mol. The van der Waals surface area contributed by atoms with Crippen molar-refractivity contribution in [2.45, 2.75) is 26.1 Å². The number of hydrogen-bond acceptors (Lipinski definition) is 3. The van der Waals surface area contributed by atoms with Gasteiger partial charge in [-0.1, -0.05) is 18.2 Å². The molecule has 0 fully saturated rings. The molecule has 5 nitrogen and oxygen atoms in total. The van der Waals surface area contributed by atoms with Gasteiger partial charge in [-0.2, -0.15) is 13.2 Å². The molecule has 0 radical (unpaired) electrons. The van der Waals surface area contributed by atoms with E-state index in [9.17, 15) is 18.0 Å². The second kappa shape index (κ2) is 5.94. The Morgan fingerprint density at radius 3 is 2.81 bits per heavy atom. The van der Waals surface area contributed by atoms with Crippen LogP contribution < -0.4 is 5.32 Å². The van der Waals surface area contributed by atoms with E-state index in [1.54, 1.807) is 6.92 Å². The Hall–Kier alpha value is -2.38. The number of hydrogen-bond donors (Lipinski definition) is 1. The summed E-state index contributed by atoms with van der Waals surface area (Å²) in [6.45, 7) is 1.90. The molecular formula is C13H13F3N4O. The average molecular weight is 298 g/mol. The van der Waals surface area contributed by atoms with Crippen LogP contribution >= 0.6 is 0 Å². The smallest absolute Gasteiger partial charge is 0.350 e. The first-order chi connectivity index (χ1) is 9.90. The first-order valence-electron chi connectivity index (χ1n) is 6.25. The summed E-state index contributed by atoms with van der Waals surface area (Å²) in [5, 5.41) is 10.2. The lowest BCUT2D eigenvalue weighted by atomic mass is 10.2. The Morgan fingerprint density at radius 2 is 2.14 bits per heavy atom. The van der Waals surface area contributed by atoms with Crippen LogP contribution in [0.5, 0.6) is 0 Å². The fraction of sp³-hybridized carbons (Fsp3) is 0.308. The standard InChI is InChI=1S/C13H13F3N4O/c1-2-12(21)17-7-10-8-20(19-18-10)11-5-3-4-9(6-11)13(14,15)16/h3-6,8H,2,7H2,1H3,(H,17,21). The van der Waals surface area contributed by atoms with Gasteiger partial charge >= 0.3 is 6.18 Å². The Labute approximate surface area is 118 Å². The van der Waals surface area contributed by atoms with Crippen molar-refractivity contribution in [3.05, 3.63) is 41.7 Å². The van der Waals surface area contributed by atoms with Crippen LogP contribution in [0.25, 0.3) is 5.69 Å². The van der Waals surface area contributed by atoms with E-state index >= 15 is 0 Å². The molecule has 112 valence electrons. The van der Waals surface area contributed by atoms with Gasteiger partial charge in [0.2, 0.25) is 5.91 Å². The zero-order valence-corrected chi connectivity index (χ0v) is 11.2. The van der Waals surface area contributed by atoms with Crippen LogP contribution in [0.2, 0.25) is 0 Å². The first-order valence-corrected chi connectivity index (χ1v) is 6.25. The van der Waals surface area contributed by atoms with Crippen LogP contribution in [0.15, 0.2) is 30.5 Å². The SMILES string of the molecule is CCC(=O)NCc1cn(-c2cccc(C(F)(F)F)c2)nn1. The van der Waals surface area contributed by atoms with Crippen LogP contribution in [-0.4, -0.2) is 20.9 Å². The van der Waals surface area contributed by atoms with Gasteiger partial charge in [0.1, 0.15) is 5.69 Å². The van der Waals surface area contributed by atoms with Gasteiger partial charge < -0.3 is 5.32 Å². The second-order valence-corrected chi connectivity index (χ2v) is 4.33. The van der Waals surface area contributed by atoms with E-state index in [2.05, 4.69) is 15.6 Å². The Morgan fingerprint density at radius 1 is 1.38 bits per heavy atom. The number of carbonyl (C=O) groups excluding carboxylic acids is 1. The quantitative estimate of drug-likeness (QED) is 0.942. The van der Waals surface area contributed by atoms with E-state index in [4.69, 9.17) is 0 Å². The van der Waals surface area contributed by atoms with E-state index in [1.807, 2.05) is 0 Å². The summed E-state index contributed by atoms with van der Waals surface area (Å²) in [4.78, 5) is 11.1. The summed E-state index contributed by atoms with van der Waals surface area (Å²) >= 11 is 0. The maximum atomic E-state index is 12.6. The van der Waals surface area contributed by atoms with Crippen molar-refractivity contribution < 1.29 is 18.0 Å². The molecule has 0 atom stereocenters. The molecule has 0 aliphatic rings. The van der Waals surface area contributed by atoms with Crippen molar-refractivity contribution in [2.24, 2.45) is 0 Å². The van der Waals surface area contributed by atoms with E-state index in [0.717, 1.165) is 12.1 Å². The maximum Gasteiger partial charge on any atom is 0.416 e. The third kappa shape index (κ3) is 3.80. The molecule has 0 bridgehead atoms. The molecule has 0 spiro atoms. The number of nitrogens with zero attached hydrogens (tertiary/aromatic N) is 3. The largest absolute Gasteiger partial charge is 0.416 e. The number of carbonyl (C=O) groups is 1. The van der Waals surface area contributed by atoms with Gasteiger partial charge in [-0.25, -0.2) is 4.68 Å². The van der Waals surface area contributed by atoms with E-state index in [0.29, 0.717) is 12.1 Å². The number of amides is 1. The first kappa shape index (κ1) is 15.0. The van der Waals surface area contributed by atoms with Crippen molar-refractivity contribution in [3.8, 4) is 5.69 Å². The molecule has 0 aliphatic heterocycles. The van der Waals surface area contributed by atoms with Crippen molar-refractivity contribution >= 4 is 5.91 Å². The van der Waals surface area contributed by atoms with Crippen LogP contribution in [0, 0.1) is 0 Å². The van der Waals surface area contributed by atoms with Gasteiger partial charge in [0.25, 0.3) is 0 Å². The fourth-order valence-electron chi connectivity index (χ4n) is 1.64. The van der Waals surface area contributed by atoms with Gasteiger partial charge in [-0.15, -0.1) is 5.10 Å². The van der Waals surface area contributed by atoms with Crippen molar-refractivity contribution in [2.75, 3.05) is 0 Å². The molecule has 2 rings (SSSR count). The zero-order valence-electron chi connectivity index (χ0n) is 11.2. The molecule has 1 N–H and O–H groups in total. The lowest BCUT2D eigenvalue weighted by molar-refractivity contribution is -0.137. The van der Waals surface area contributed by atoms with Gasteiger partial charge in [-0.05, 0) is 18.2 Å². The Bertz CT molecular complexity index is 636. The van der Waals surface area contributed by atoms with Crippen molar-refractivity contribution in [1.29, 1.82) is 0 Å². The van der Waals surface area contributed by atoms with Crippen LogP contribution in [0.3, 0.4) is 0 Å². The molecule has 0 saturated heterocycles. The topological polar surface area (TPSA) is 59.8 Å². The van der Waals surface area contributed by atoms with Gasteiger partial charge in [0, 0.05) is 6.42 Å². The summed E-state index contributed by atoms with van der Waals surface area (Å²) in [5.41, 5.74) is -0.0315. The highest BCUT2D eigenvalue weighted by Crippen LogP contribution is 2.30. The summed E-state index contributed by atoms with van der Waals surface area (Å²) < 4.78 is 39.2. The predicted molar refractivity (Wildman–Crippen MR) is 68.5 cm³/mol. The Kier molecular flexibility index (Phi) is 4.25. The molecule has 1 heterocycles. The predicted octanol–water partition coefficient (Wildman–Crippen LogP) is 2.31. The highest BCUT2D eigenvalue weighted by molar-refractivity contribution is 5.75. The third-order valence-electron chi connectivity index (χ3n) is 2.77. The molecule has 0 aliphatic carbocycles. The normalized spacial score (nSPS) is 11.4. The molecule has 0 saturated carbocycles. The van der Waals surface area contributed by atoms with Crippen molar-refractivity contribution in [1.82, 2.24) is 20.3 Å². The summed E-state index contributed by atoms with van der Waals surface area (Å²) in [5.74, 6) is -0.136. The van der Waals surface area contributed by atoms with Crippen LogP contribution in [-0.2, 0) is 17.5 Å². The van der Waals surface area contributed by atoms with Crippen molar-refractivity contribution in [3.63, 3.8) is 0 Å². The molecule has 1 aromatic heterocycles. The molecule has 1 amide bonds.